The van der Waals surface area contributed by atoms with Crippen LogP contribution in [0.5, 0.6) is 0 Å². The Labute approximate surface area is 207 Å². The molecule has 0 fully saturated rings. The Morgan fingerprint density at radius 2 is 1.69 bits per heavy atom. The summed E-state index contributed by atoms with van der Waals surface area (Å²) in [5.74, 6) is -0.306. The van der Waals surface area contributed by atoms with Crippen LogP contribution in [0.15, 0.2) is 65.8 Å². The second kappa shape index (κ2) is 9.02. The van der Waals surface area contributed by atoms with Crippen LogP contribution in [-0.4, -0.2) is 26.3 Å². The molecule has 3 aromatic rings. The van der Waals surface area contributed by atoms with Crippen molar-refractivity contribution in [3.8, 4) is 5.69 Å². The highest BCUT2D eigenvalue weighted by molar-refractivity contribution is 6.42. The maximum atomic E-state index is 12.0. The Balaban J connectivity index is 1.80. The molecule has 0 saturated carbocycles. The van der Waals surface area contributed by atoms with E-state index in [0.717, 1.165) is 5.69 Å². The van der Waals surface area contributed by atoms with Gasteiger partial charge in [0.2, 0.25) is 5.70 Å². The highest BCUT2D eigenvalue weighted by atomic mass is 35.5. The number of hydrogen-bond donors (Lipinski definition) is 0. The first kappa shape index (κ1) is 23.0. The van der Waals surface area contributed by atoms with Gasteiger partial charge in [-0.1, -0.05) is 46.4 Å². The van der Waals surface area contributed by atoms with Crippen molar-refractivity contribution in [2.24, 2.45) is 4.99 Å². The largest absolute Gasteiger partial charge is 0.549 e. The second-order valence-corrected chi connectivity index (χ2v) is 8.82. The molecule has 0 aliphatic carbocycles. The number of imidazole rings is 1. The highest BCUT2D eigenvalue weighted by Crippen LogP contribution is 2.37. The number of aliphatic imine (C=N–C) groups is 1. The van der Waals surface area contributed by atoms with Gasteiger partial charge in [-0.05, 0) is 24.3 Å². The van der Waals surface area contributed by atoms with E-state index in [1.807, 2.05) is 0 Å². The van der Waals surface area contributed by atoms with Crippen LogP contribution >= 0.6 is 58.0 Å². The lowest BCUT2D eigenvalue weighted by Crippen LogP contribution is -2.50. The maximum absolute atomic E-state index is 12.0. The first-order chi connectivity index (χ1) is 15.2. The van der Waals surface area contributed by atoms with E-state index in [-0.39, 0.29) is 27.9 Å². The van der Waals surface area contributed by atoms with Crippen molar-refractivity contribution >= 4 is 69.7 Å². The fraction of sp³-hybridized carbons (Fsp3) is 0.100. The van der Waals surface area contributed by atoms with E-state index in [0.29, 0.717) is 32.1 Å². The summed E-state index contributed by atoms with van der Waals surface area (Å²) < 4.78 is 1.39. The number of benzene rings is 2. The number of allylic oxidation sites excluding steroid dienone is 1. The zero-order valence-electron chi connectivity index (χ0n) is 16.1. The van der Waals surface area contributed by atoms with E-state index >= 15 is 0 Å². The van der Waals surface area contributed by atoms with Gasteiger partial charge in [0, 0.05) is 33.9 Å². The molecular weight excluding hydrogens is 520 g/mol. The molecule has 0 spiro atoms. The summed E-state index contributed by atoms with van der Waals surface area (Å²) in [6.07, 6.45) is 4.97. The third-order valence-electron chi connectivity index (χ3n) is 4.88. The number of guanidine groups is 1. The lowest BCUT2D eigenvalue weighted by atomic mass is 10.2. The van der Waals surface area contributed by atoms with Crippen molar-refractivity contribution in [2.75, 3.05) is 5.88 Å². The molecule has 0 bridgehead atoms. The molecule has 32 heavy (non-hydrogen) atoms. The van der Waals surface area contributed by atoms with Gasteiger partial charge in [0.1, 0.15) is 12.2 Å². The van der Waals surface area contributed by atoms with Gasteiger partial charge in [-0.3, -0.25) is 0 Å². The van der Waals surface area contributed by atoms with Crippen molar-refractivity contribution in [2.45, 2.75) is 6.54 Å². The van der Waals surface area contributed by atoms with E-state index in [9.17, 15) is 10.1 Å². The summed E-state index contributed by atoms with van der Waals surface area (Å²) in [6.45, 7) is 0.0898. The first-order valence-electron chi connectivity index (χ1n) is 9.06. The number of rotatable bonds is 5. The predicted octanol–water partition coefficient (Wildman–Crippen LogP) is 6.72. The van der Waals surface area contributed by atoms with Gasteiger partial charge in [-0.15, -0.1) is 16.1 Å². The third-order valence-corrected chi connectivity index (χ3v) is 6.63. The summed E-state index contributed by atoms with van der Waals surface area (Å²) in [6, 6.07) is 9.98. The minimum atomic E-state index is -0.533. The average molecular weight is 533 g/mol. The van der Waals surface area contributed by atoms with Gasteiger partial charge in [-0.2, -0.15) is 0 Å². The number of nitro groups is 1. The molecule has 0 N–H and O–H groups in total. The fourth-order valence-corrected chi connectivity index (χ4v) is 4.14. The van der Waals surface area contributed by atoms with Crippen LogP contribution in [0.2, 0.25) is 20.1 Å². The van der Waals surface area contributed by atoms with Gasteiger partial charge < -0.3 is 14.7 Å². The molecule has 0 amide bonds. The number of quaternary nitrogens is 1. The smallest absolute Gasteiger partial charge is 0.354 e. The molecule has 164 valence electrons. The molecule has 4 rings (SSSR count). The van der Waals surface area contributed by atoms with Crippen LogP contribution < -0.4 is 4.48 Å². The molecule has 2 aromatic carbocycles. The van der Waals surface area contributed by atoms with Crippen LogP contribution in [0.25, 0.3) is 5.69 Å². The monoisotopic (exact) mass is 530 g/mol. The molecule has 1 aromatic heterocycles. The zero-order chi connectivity index (χ0) is 23.0. The van der Waals surface area contributed by atoms with Crippen molar-refractivity contribution in [1.82, 2.24) is 14.0 Å². The minimum Gasteiger partial charge on any atom is -0.354 e. The normalized spacial score (nSPS) is 17.9. The molecule has 0 radical (unpaired) electrons. The van der Waals surface area contributed by atoms with Gasteiger partial charge in [-0.25, -0.2) is 4.98 Å². The van der Waals surface area contributed by atoms with Crippen LogP contribution in [-0.2, 0) is 6.54 Å². The summed E-state index contributed by atoms with van der Waals surface area (Å²) >= 11 is 30.4. The Morgan fingerprint density at radius 3 is 2.31 bits per heavy atom. The van der Waals surface area contributed by atoms with Gasteiger partial charge in [0.25, 0.3) is 0 Å². The Bertz CT molecular complexity index is 1290. The van der Waals surface area contributed by atoms with E-state index < -0.39 is 4.92 Å². The number of nitrogens with zero attached hydrogens (tertiary/aromatic N) is 5. The number of halogens is 5. The molecular formula is C20H13Cl5N5O2+. The highest BCUT2D eigenvalue weighted by Gasteiger charge is 2.51. The van der Waals surface area contributed by atoms with Crippen LogP contribution in [0.4, 0.5) is 5.69 Å². The lowest BCUT2D eigenvalue weighted by Gasteiger charge is -2.26. The molecule has 7 nitrogen and oxygen atoms in total. The molecule has 1 atom stereocenters. The van der Waals surface area contributed by atoms with Crippen molar-refractivity contribution in [1.29, 1.82) is 0 Å². The lowest BCUT2D eigenvalue weighted by molar-refractivity contribution is -0.361. The second-order valence-electron chi connectivity index (χ2n) is 6.92. The molecule has 2 heterocycles. The van der Waals surface area contributed by atoms with E-state index in [1.165, 1.54) is 0 Å². The topological polar surface area (TPSA) is 73.3 Å². The number of hydrogen-bond acceptors (Lipinski definition) is 4. The Morgan fingerprint density at radius 1 is 1.00 bits per heavy atom. The van der Waals surface area contributed by atoms with Crippen LogP contribution in [0.3, 0.4) is 0 Å². The standard InChI is InChI=1S/C20H13Cl5N5O2/c21-7-12-9-30(20(27-12)29(31)32,15-2-4-17(23)19(25)6-15)10-13-8-28(11-26-13)14-1-3-16(22)18(24)5-14/h1-6,8-9,11H,7,10H2/q+1. The molecule has 1 aliphatic rings. The maximum Gasteiger partial charge on any atom is 0.549 e. The third kappa shape index (κ3) is 4.24. The van der Waals surface area contributed by atoms with Gasteiger partial charge in [0.05, 0.1) is 32.3 Å². The number of aromatic nitrogens is 2. The summed E-state index contributed by atoms with van der Waals surface area (Å²) in [7, 11) is 0. The van der Waals surface area contributed by atoms with E-state index in [4.69, 9.17) is 58.0 Å². The van der Waals surface area contributed by atoms with Gasteiger partial charge in [0.15, 0.2) is 11.9 Å². The summed E-state index contributed by atoms with van der Waals surface area (Å²) in [5.41, 5.74) is 2.16. The Hall–Kier alpha value is -2.13. The zero-order valence-corrected chi connectivity index (χ0v) is 19.8. The minimum absolute atomic E-state index is 0.0103. The summed E-state index contributed by atoms with van der Waals surface area (Å²) in [4.78, 5) is 20.0. The predicted molar refractivity (Wildman–Crippen MR) is 129 cm³/mol. The van der Waals surface area contributed by atoms with Crippen LogP contribution in [0.1, 0.15) is 5.69 Å². The molecule has 1 aliphatic heterocycles. The molecule has 0 saturated heterocycles. The van der Waals surface area contributed by atoms with Crippen molar-refractivity contribution in [3.05, 3.63) is 96.7 Å². The van der Waals surface area contributed by atoms with Crippen LogP contribution in [0, 0.1) is 10.1 Å². The van der Waals surface area contributed by atoms with Crippen molar-refractivity contribution < 1.29 is 4.92 Å². The van der Waals surface area contributed by atoms with E-state index in [1.54, 1.807) is 59.7 Å². The van der Waals surface area contributed by atoms with E-state index in [2.05, 4.69) is 9.98 Å². The SMILES string of the molecule is O=[N+]([O-])C1=NC(CCl)=C[N+]1(Cc1cn(-c2ccc(Cl)c(Cl)c2)cn1)c1ccc(Cl)c(Cl)c1. The van der Waals surface area contributed by atoms with Gasteiger partial charge >= 0.3 is 5.96 Å². The fourth-order valence-electron chi connectivity index (χ4n) is 3.43. The quantitative estimate of drug-likeness (QED) is 0.158. The molecule has 1 unspecified atom stereocenters. The summed E-state index contributed by atoms with van der Waals surface area (Å²) in [5, 5.41) is 13.4. The Kier molecular flexibility index (Phi) is 6.49. The molecule has 12 heteroatoms. The van der Waals surface area contributed by atoms with Crippen molar-refractivity contribution in [3.63, 3.8) is 0 Å². The average Bonchev–Trinajstić information content (AvgIpc) is 3.37. The number of alkyl halides is 1. The first-order valence-corrected chi connectivity index (χ1v) is 11.1.